The summed E-state index contributed by atoms with van der Waals surface area (Å²) in [7, 11) is -1.55. The monoisotopic (exact) mass is 469 g/mol. The largest absolute Gasteiger partial charge is 0.488 e. The van der Waals surface area contributed by atoms with Gasteiger partial charge in [0, 0.05) is 47.9 Å². The second kappa shape index (κ2) is 8.32. The van der Waals surface area contributed by atoms with Crippen molar-refractivity contribution in [1.82, 2.24) is 9.21 Å². The van der Waals surface area contributed by atoms with Crippen LogP contribution in [0.25, 0.3) is 10.4 Å². The van der Waals surface area contributed by atoms with Gasteiger partial charge >= 0.3 is 0 Å². The van der Waals surface area contributed by atoms with Crippen LogP contribution < -0.4 is 10.1 Å². The Bertz CT molecular complexity index is 1260. The molecule has 166 valence electrons. The number of nitrogens with one attached hydrogen (secondary N) is 1. The van der Waals surface area contributed by atoms with Gasteiger partial charge in [-0.25, -0.2) is 8.42 Å². The van der Waals surface area contributed by atoms with Crippen molar-refractivity contribution in [3.63, 3.8) is 0 Å². The lowest BCUT2D eigenvalue weighted by molar-refractivity contribution is 0.103. The molecule has 0 spiro atoms. The molecule has 1 amide bonds. The first kappa shape index (κ1) is 21.1. The minimum Gasteiger partial charge on any atom is -0.488 e. The standard InChI is InChI=1S/C23H23N3O4S2/c1-25-10-12-26(13-11-25)32(28,29)18-8-6-17(7-9-18)24-23(27)21-14-16-15-30-20-5-3-2-4-19(20)22(16)31-21/h2-9,14H,10-13,15H2,1H3,(H,24,27). The van der Waals surface area contributed by atoms with Crippen molar-refractivity contribution < 1.29 is 17.9 Å². The Morgan fingerprint density at radius 3 is 2.50 bits per heavy atom. The first-order chi connectivity index (χ1) is 15.4. The van der Waals surface area contributed by atoms with E-state index < -0.39 is 10.0 Å². The van der Waals surface area contributed by atoms with Gasteiger partial charge in [0.05, 0.1) is 9.77 Å². The number of amides is 1. The Labute approximate surface area is 191 Å². The van der Waals surface area contributed by atoms with Crippen LogP contribution in [0.15, 0.2) is 59.5 Å². The summed E-state index contributed by atoms with van der Waals surface area (Å²) in [6.07, 6.45) is 0. The number of anilines is 1. The van der Waals surface area contributed by atoms with E-state index in [-0.39, 0.29) is 10.8 Å². The number of carbonyl (C=O) groups excluding carboxylic acids is 1. The van der Waals surface area contributed by atoms with Gasteiger partial charge < -0.3 is 15.0 Å². The molecular formula is C23H23N3O4S2. The molecule has 1 fully saturated rings. The highest BCUT2D eigenvalue weighted by Crippen LogP contribution is 2.42. The molecule has 0 bridgehead atoms. The topological polar surface area (TPSA) is 79.0 Å². The molecule has 7 nitrogen and oxygen atoms in total. The van der Waals surface area contributed by atoms with Gasteiger partial charge in [-0.15, -0.1) is 11.3 Å². The molecule has 0 unspecified atom stereocenters. The highest BCUT2D eigenvalue weighted by atomic mass is 32.2. The number of likely N-dealkylation sites (N-methyl/N-ethyl adjacent to an activating group) is 1. The number of ether oxygens (including phenoxy) is 1. The third kappa shape index (κ3) is 3.93. The maximum absolute atomic E-state index is 12.9. The minimum atomic E-state index is -3.53. The molecule has 2 aliphatic rings. The van der Waals surface area contributed by atoms with Crippen LogP contribution in [0.5, 0.6) is 5.75 Å². The maximum atomic E-state index is 12.9. The number of piperazine rings is 1. The van der Waals surface area contributed by atoms with Gasteiger partial charge in [-0.3, -0.25) is 4.79 Å². The van der Waals surface area contributed by atoms with E-state index in [0.717, 1.165) is 21.8 Å². The SMILES string of the molecule is CN1CCN(S(=O)(=O)c2ccc(NC(=O)c3cc4c(s3)-c3ccccc3OC4)cc2)CC1. The van der Waals surface area contributed by atoms with Crippen LogP contribution >= 0.6 is 11.3 Å². The van der Waals surface area contributed by atoms with Crippen LogP contribution in [0, 0.1) is 0 Å². The molecule has 32 heavy (non-hydrogen) atoms. The zero-order valence-corrected chi connectivity index (χ0v) is 19.2. The molecule has 1 saturated heterocycles. The van der Waals surface area contributed by atoms with Crippen LogP contribution in [0.4, 0.5) is 5.69 Å². The van der Waals surface area contributed by atoms with E-state index in [1.165, 1.54) is 15.6 Å². The van der Waals surface area contributed by atoms with Crippen molar-refractivity contribution >= 4 is 33.0 Å². The first-order valence-electron chi connectivity index (χ1n) is 10.4. The van der Waals surface area contributed by atoms with Gasteiger partial charge in [-0.2, -0.15) is 4.31 Å². The molecule has 2 aromatic carbocycles. The molecule has 5 rings (SSSR count). The number of nitrogens with zero attached hydrogens (tertiary/aromatic N) is 2. The molecule has 0 aliphatic carbocycles. The third-order valence-corrected chi connectivity index (χ3v) is 8.88. The number of hydrogen-bond acceptors (Lipinski definition) is 6. The summed E-state index contributed by atoms with van der Waals surface area (Å²) in [6.45, 7) is 2.83. The molecule has 0 atom stereocenters. The Morgan fingerprint density at radius 1 is 1.03 bits per heavy atom. The average molecular weight is 470 g/mol. The zero-order chi connectivity index (χ0) is 22.3. The second-order valence-corrected chi connectivity index (χ2v) is 10.9. The number of thiophene rings is 1. The fourth-order valence-corrected chi connectivity index (χ4v) is 6.41. The van der Waals surface area contributed by atoms with Crippen LogP contribution in [-0.2, 0) is 16.6 Å². The van der Waals surface area contributed by atoms with Crippen molar-refractivity contribution in [3.8, 4) is 16.2 Å². The van der Waals surface area contributed by atoms with E-state index in [4.69, 9.17) is 4.74 Å². The van der Waals surface area contributed by atoms with Crippen LogP contribution in [0.1, 0.15) is 15.2 Å². The second-order valence-electron chi connectivity index (χ2n) is 7.94. The number of fused-ring (bicyclic) bond motifs is 3. The molecule has 2 aliphatic heterocycles. The van der Waals surface area contributed by atoms with Crippen molar-refractivity contribution in [1.29, 1.82) is 0 Å². The van der Waals surface area contributed by atoms with Crippen LogP contribution in [0.3, 0.4) is 0 Å². The van der Waals surface area contributed by atoms with Gasteiger partial charge in [0.15, 0.2) is 0 Å². The normalized spacial score (nSPS) is 16.7. The molecule has 1 N–H and O–H groups in total. The van der Waals surface area contributed by atoms with Gasteiger partial charge in [-0.05, 0) is 49.5 Å². The summed E-state index contributed by atoms with van der Waals surface area (Å²) in [4.78, 5) is 16.8. The summed E-state index contributed by atoms with van der Waals surface area (Å²) in [6, 6.07) is 16.0. The molecule has 0 saturated carbocycles. The van der Waals surface area contributed by atoms with Gasteiger partial charge in [0.25, 0.3) is 5.91 Å². The lowest BCUT2D eigenvalue weighted by Crippen LogP contribution is -2.46. The summed E-state index contributed by atoms with van der Waals surface area (Å²) in [5.41, 5.74) is 2.54. The quantitative estimate of drug-likeness (QED) is 0.633. The molecular weight excluding hydrogens is 446 g/mol. The average Bonchev–Trinajstić information content (AvgIpc) is 3.25. The van der Waals surface area contributed by atoms with E-state index in [1.54, 1.807) is 24.3 Å². The van der Waals surface area contributed by atoms with Crippen molar-refractivity contribution in [3.05, 3.63) is 65.0 Å². The number of rotatable bonds is 4. The molecule has 3 heterocycles. The molecule has 3 aromatic rings. The number of carbonyl (C=O) groups is 1. The lowest BCUT2D eigenvalue weighted by atomic mass is 10.1. The van der Waals surface area contributed by atoms with Crippen molar-refractivity contribution in [2.45, 2.75) is 11.5 Å². The minimum absolute atomic E-state index is 0.225. The van der Waals surface area contributed by atoms with Crippen molar-refractivity contribution in [2.75, 3.05) is 38.5 Å². The smallest absolute Gasteiger partial charge is 0.265 e. The van der Waals surface area contributed by atoms with E-state index in [2.05, 4.69) is 10.2 Å². The predicted octanol–water partition coefficient (Wildman–Crippen LogP) is 3.50. The van der Waals surface area contributed by atoms with Crippen LogP contribution in [0.2, 0.25) is 0 Å². The van der Waals surface area contributed by atoms with E-state index in [9.17, 15) is 13.2 Å². The first-order valence-corrected chi connectivity index (χ1v) is 12.6. The van der Waals surface area contributed by atoms with E-state index in [0.29, 0.717) is 43.4 Å². The predicted molar refractivity (Wildman–Crippen MR) is 125 cm³/mol. The zero-order valence-electron chi connectivity index (χ0n) is 17.6. The number of benzene rings is 2. The van der Waals surface area contributed by atoms with Gasteiger partial charge in [-0.1, -0.05) is 12.1 Å². The molecule has 1 aromatic heterocycles. The molecule has 9 heteroatoms. The Hall–Kier alpha value is -2.72. The third-order valence-electron chi connectivity index (χ3n) is 5.76. The summed E-state index contributed by atoms with van der Waals surface area (Å²) >= 11 is 1.43. The lowest BCUT2D eigenvalue weighted by Gasteiger charge is -2.31. The van der Waals surface area contributed by atoms with E-state index >= 15 is 0 Å². The van der Waals surface area contributed by atoms with Gasteiger partial charge in [0.2, 0.25) is 10.0 Å². The van der Waals surface area contributed by atoms with Crippen LogP contribution in [-0.4, -0.2) is 56.8 Å². The Kier molecular flexibility index (Phi) is 5.50. The maximum Gasteiger partial charge on any atom is 0.265 e. The highest BCUT2D eigenvalue weighted by Gasteiger charge is 2.27. The summed E-state index contributed by atoms with van der Waals surface area (Å²) < 4.78 is 33.0. The van der Waals surface area contributed by atoms with Crippen molar-refractivity contribution in [2.24, 2.45) is 0 Å². The number of para-hydroxylation sites is 1. The Morgan fingerprint density at radius 2 is 1.75 bits per heavy atom. The summed E-state index contributed by atoms with van der Waals surface area (Å²) in [5.74, 6) is 0.600. The number of hydrogen-bond donors (Lipinski definition) is 1. The number of sulfonamides is 1. The fourth-order valence-electron chi connectivity index (χ4n) is 3.89. The van der Waals surface area contributed by atoms with Gasteiger partial charge in [0.1, 0.15) is 12.4 Å². The fraction of sp³-hybridized carbons (Fsp3) is 0.261. The van der Waals surface area contributed by atoms with E-state index in [1.807, 2.05) is 37.4 Å². The Balaban J connectivity index is 1.31. The molecule has 0 radical (unpaired) electrons. The highest BCUT2D eigenvalue weighted by molar-refractivity contribution is 7.89. The summed E-state index contributed by atoms with van der Waals surface area (Å²) in [5, 5.41) is 2.87.